The first-order chi connectivity index (χ1) is 12.4. The van der Waals surface area contributed by atoms with Gasteiger partial charge in [-0.3, -0.25) is 14.3 Å². The van der Waals surface area contributed by atoms with Gasteiger partial charge in [0.2, 0.25) is 5.91 Å². The van der Waals surface area contributed by atoms with Gasteiger partial charge in [-0.25, -0.2) is 0 Å². The molecule has 0 aromatic carbocycles. The lowest BCUT2D eigenvalue weighted by atomic mass is 9.73. The molecule has 2 amide bonds. The van der Waals surface area contributed by atoms with Crippen molar-refractivity contribution in [3.63, 3.8) is 0 Å². The quantitative estimate of drug-likeness (QED) is 0.811. The summed E-state index contributed by atoms with van der Waals surface area (Å²) >= 11 is 0. The van der Waals surface area contributed by atoms with Gasteiger partial charge in [0.25, 0.3) is 5.91 Å². The van der Waals surface area contributed by atoms with E-state index in [-0.39, 0.29) is 17.2 Å². The second-order valence-corrected chi connectivity index (χ2v) is 8.36. The number of carbonyl (C=O) groups is 2. The van der Waals surface area contributed by atoms with Crippen LogP contribution in [0.1, 0.15) is 63.4 Å². The summed E-state index contributed by atoms with van der Waals surface area (Å²) in [4.78, 5) is 29.4. The summed E-state index contributed by atoms with van der Waals surface area (Å²) in [6.07, 6.45) is 6.38. The predicted octanol–water partition coefficient (Wildman–Crippen LogP) is 2.79. The Hall–Kier alpha value is -1.85. The highest BCUT2D eigenvalue weighted by atomic mass is 16.2. The van der Waals surface area contributed by atoms with Gasteiger partial charge in [0.15, 0.2) is 0 Å². The van der Waals surface area contributed by atoms with Crippen LogP contribution in [0.4, 0.5) is 0 Å². The van der Waals surface area contributed by atoms with Gasteiger partial charge in [-0.1, -0.05) is 13.8 Å². The maximum absolute atomic E-state index is 13.0. The molecule has 0 unspecified atom stereocenters. The van der Waals surface area contributed by atoms with Gasteiger partial charge in [0, 0.05) is 50.8 Å². The Kier molecular flexibility index (Phi) is 5.68. The Balaban J connectivity index is 1.70. The zero-order chi connectivity index (χ0) is 18.7. The zero-order valence-electron chi connectivity index (χ0n) is 16.4. The van der Waals surface area contributed by atoms with Crippen LogP contribution in [0.15, 0.2) is 12.3 Å². The summed E-state index contributed by atoms with van der Waals surface area (Å²) in [5.74, 6) is 0.956. The normalized spacial score (nSPS) is 23.9. The standard InChI is InChI=1S/C20H32N4O2/c1-4-24-17(7-11-21-24)19(26)23-12-5-9-20(15-23)10-6-18(25)22(14-20)13-8-16(2)3/h7,11,16H,4-6,8-10,12-15H2,1-3H3/t20-/m1/s1. The van der Waals surface area contributed by atoms with Crippen molar-refractivity contribution < 1.29 is 9.59 Å². The fraction of sp³-hybridized carbons (Fsp3) is 0.750. The molecule has 6 heteroatoms. The van der Waals surface area contributed by atoms with E-state index >= 15 is 0 Å². The van der Waals surface area contributed by atoms with Crippen molar-refractivity contribution in [1.82, 2.24) is 19.6 Å². The minimum Gasteiger partial charge on any atom is -0.342 e. The molecule has 3 heterocycles. The van der Waals surface area contributed by atoms with Crippen LogP contribution in [-0.2, 0) is 11.3 Å². The van der Waals surface area contributed by atoms with Gasteiger partial charge in [-0.15, -0.1) is 0 Å². The Morgan fingerprint density at radius 2 is 2.12 bits per heavy atom. The van der Waals surface area contributed by atoms with Gasteiger partial charge >= 0.3 is 0 Å². The lowest BCUT2D eigenvalue weighted by Gasteiger charge is -2.48. The van der Waals surface area contributed by atoms with E-state index in [0.29, 0.717) is 24.6 Å². The smallest absolute Gasteiger partial charge is 0.272 e. The van der Waals surface area contributed by atoms with Crippen molar-refractivity contribution in [3.8, 4) is 0 Å². The molecule has 0 aliphatic carbocycles. The number of hydrogen-bond donors (Lipinski definition) is 0. The van der Waals surface area contributed by atoms with Crippen LogP contribution in [0.3, 0.4) is 0 Å². The maximum Gasteiger partial charge on any atom is 0.272 e. The number of aromatic nitrogens is 2. The molecule has 1 aromatic heterocycles. The van der Waals surface area contributed by atoms with Crippen LogP contribution >= 0.6 is 0 Å². The molecule has 1 spiro atoms. The molecule has 2 fully saturated rings. The fourth-order valence-electron chi connectivity index (χ4n) is 4.36. The molecule has 1 atom stereocenters. The number of nitrogens with zero attached hydrogens (tertiary/aromatic N) is 4. The van der Waals surface area contributed by atoms with Gasteiger partial charge in [0.1, 0.15) is 5.69 Å². The molecule has 2 saturated heterocycles. The Morgan fingerprint density at radius 1 is 1.31 bits per heavy atom. The number of aryl methyl sites for hydroxylation is 1. The molecule has 2 aliphatic heterocycles. The molecule has 0 N–H and O–H groups in total. The highest BCUT2D eigenvalue weighted by molar-refractivity contribution is 5.92. The predicted molar refractivity (Wildman–Crippen MR) is 101 cm³/mol. The Bertz CT molecular complexity index is 654. The van der Waals surface area contributed by atoms with Gasteiger partial charge in [-0.2, -0.15) is 5.10 Å². The SMILES string of the molecule is CCn1nccc1C(=O)N1CCC[C@]2(CCC(=O)N(CCC(C)C)C2)C1. The zero-order valence-corrected chi connectivity index (χ0v) is 16.4. The summed E-state index contributed by atoms with van der Waals surface area (Å²) < 4.78 is 1.77. The van der Waals surface area contributed by atoms with E-state index in [1.54, 1.807) is 10.9 Å². The number of likely N-dealkylation sites (tertiary alicyclic amines) is 2. The summed E-state index contributed by atoms with van der Waals surface area (Å²) in [6.45, 7) is 10.3. The van der Waals surface area contributed by atoms with E-state index in [0.717, 1.165) is 51.9 Å². The third kappa shape index (κ3) is 3.94. The largest absolute Gasteiger partial charge is 0.342 e. The lowest BCUT2D eigenvalue weighted by Crippen LogP contribution is -2.55. The Morgan fingerprint density at radius 3 is 2.85 bits per heavy atom. The lowest BCUT2D eigenvalue weighted by molar-refractivity contribution is -0.139. The first kappa shape index (κ1) is 18.9. The van der Waals surface area contributed by atoms with E-state index in [2.05, 4.69) is 18.9 Å². The number of hydrogen-bond acceptors (Lipinski definition) is 3. The second-order valence-electron chi connectivity index (χ2n) is 8.36. The molecule has 2 aliphatic rings. The van der Waals surface area contributed by atoms with Crippen LogP contribution in [0.5, 0.6) is 0 Å². The van der Waals surface area contributed by atoms with Gasteiger partial charge < -0.3 is 9.80 Å². The monoisotopic (exact) mass is 360 g/mol. The second kappa shape index (κ2) is 7.80. The van der Waals surface area contributed by atoms with E-state index in [9.17, 15) is 9.59 Å². The topological polar surface area (TPSA) is 58.4 Å². The number of amides is 2. The molecule has 6 nitrogen and oxygen atoms in total. The highest BCUT2D eigenvalue weighted by Gasteiger charge is 2.43. The van der Waals surface area contributed by atoms with E-state index in [1.165, 1.54) is 0 Å². The van der Waals surface area contributed by atoms with E-state index in [1.807, 2.05) is 22.8 Å². The third-order valence-electron chi connectivity index (χ3n) is 5.91. The molecule has 0 bridgehead atoms. The molecule has 144 valence electrons. The number of piperidine rings is 2. The molecule has 0 saturated carbocycles. The third-order valence-corrected chi connectivity index (χ3v) is 5.91. The van der Waals surface area contributed by atoms with Gasteiger partial charge in [-0.05, 0) is 44.6 Å². The summed E-state index contributed by atoms with van der Waals surface area (Å²) in [5, 5.41) is 4.23. The molecular formula is C20H32N4O2. The first-order valence-corrected chi connectivity index (χ1v) is 10.0. The minimum absolute atomic E-state index is 0.0653. The maximum atomic E-state index is 13.0. The Labute approximate surface area is 156 Å². The average molecular weight is 361 g/mol. The van der Waals surface area contributed by atoms with Crippen molar-refractivity contribution in [1.29, 1.82) is 0 Å². The highest BCUT2D eigenvalue weighted by Crippen LogP contribution is 2.39. The van der Waals surface area contributed by atoms with Gasteiger partial charge in [0.05, 0.1) is 0 Å². The van der Waals surface area contributed by atoms with Crippen molar-refractivity contribution in [2.45, 2.75) is 59.4 Å². The van der Waals surface area contributed by atoms with Crippen molar-refractivity contribution in [2.24, 2.45) is 11.3 Å². The summed E-state index contributed by atoms with van der Waals surface area (Å²) in [5.41, 5.74) is 0.740. The molecule has 0 radical (unpaired) electrons. The number of carbonyl (C=O) groups excluding carboxylic acids is 2. The van der Waals surface area contributed by atoms with Crippen LogP contribution in [-0.4, -0.2) is 57.6 Å². The molecule has 1 aromatic rings. The average Bonchev–Trinajstić information content (AvgIpc) is 3.11. The number of rotatable bonds is 5. The van der Waals surface area contributed by atoms with Crippen LogP contribution in [0, 0.1) is 11.3 Å². The molecular weight excluding hydrogens is 328 g/mol. The van der Waals surface area contributed by atoms with Crippen LogP contribution in [0.25, 0.3) is 0 Å². The van der Waals surface area contributed by atoms with Crippen LogP contribution in [0.2, 0.25) is 0 Å². The first-order valence-electron chi connectivity index (χ1n) is 10.0. The molecule has 26 heavy (non-hydrogen) atoms. The summed E-state index contributed by atoms with van der Waals surface area (Å²) in [6, 6.07) is 1.81. The minimum atomic E-state index is 0.0653. The van der Waals surface area contributed by atoms with E-state index < -0.39 is 0 Å². The molecule has 3 rings (SSSR count). The van der Waals surface area contributed by atoms with E-state index in [4.69, 9.17) is 0 Å². The fourth-order valence-corrected chi connectivity index (χ4v) is 4.36. The van der Waals surface area contributed by atoms with Crippen LogP contribution < -0.4 is 0 Å². The summed E-state index contributed by atoms with van der Waals surface area (Å²) in [7, 11) is 0. The van der Waals surface area contributed by atoms with Crippen molar-refractivity contribution in [3.05, 3.63) is 18.0 Å². The van der Waals surface area contributed by atoms with Crippen molar-refractivity contribution >= 4 is 11.8 Å². The van der Waals surface area contributed by atoms with Crippen molar-refractivity contribution in [2.75, 3.05) is 26.2 Å².